The summed E-state index contributed by atoms with van der Waals surface area (Å²) < 4.78 is 2.16. The zero-order valence-electron chi connectivity index (χ0n) is 6.66. The maximum absolute atomic E-state index is 6.05. The van der Waals surface area contributed by atoms with Crippen LogP contribution < -0.4 is 5.73 Å². The van der Waals surface area contributed by atoms with E-state index in [1.165, 1.54) is 0 Å². The summed E-state index contributed by atoms with van der Waals surface area (Å²) in [6, 6.07) is 0. The van der Waals surface area contributed by atoms with E-state index in [-0.39, 0.29) is 5.54 Å². The molecule has 0 atom stereocenters. The van der Waals surface area contributed by atoms with Crippen molar-refractivity contribution in [1.29, 1.82) is 0 Å². The molecule has 0 radical (unpaired) electrons. The van der Waals surface area contributed by atoms with E-state index in [2.05, 4.69) is 14.8 Å². The van der Waals surface area contributed by atoms with Crippen molar-refractivity contribution in [2.45, 2.75) is 30.1 Å². The maximum atomic E-state index is 6.05. The van der Waals surface area contributed by atoms with Crippen molar-refractivity contribution in [3.8, 4) is 0 Å². The molecular formula is C7H10N4S. The Labute approximate surface area is 74.5 Å². The first-order chi connectivity index (χ1) is 5.80. The van der Waals surface area contributed by atoms with E-state index >= 15 is 0 Å². The first kappa shape index (κ1) is 6.91. The van der Waals surface area contributed by atoms with E-state index in [1.54, 1.807) is 11.8 Å². The molecule has 12 heavy (non-hydrogen) atoms. The lowest BCUT2D eigenvalue weighted by Crippen LogP contribution is -2.24. The number of nitrogens with two attached hydrogens (primary N) is 1. The molecule has 0 unspecified atom stereocenters. The number of hydrogen-bond donors (Lipinski definition) is 1. The second kappa shape index (κ2) is 2.03. The third-order valence-electron chi connectivity index (χ3n) is 2.50. The molecule has 0 spiro atoms. The highest BCUT2D eigenvalue weighted by atomic mass is 32.2. The predicted molar refractivity (Wildman–Crippen MR) is 45.8 cm³/mol. The molecule has 3 rings (SSSR count). The van der Waals surface area contributed by atoms with Gasteiger partial charge in [0.2, 0.25) is 0 Å². The van der Waals surface area contributed by atoms with Crippen LogP contribution in [0.25, 0.3) is 0 Å². The quantitative estimate of drug-likeness (QED) is 0.680. The normalized spacial score (nSPS) is 24.1. The fraction of sp³-hybridized carbons (Fsp3) is 0.714. The Kier molecular flexibility index (Phi) is 1.17. The molecule has 2 heterocycles. The second-order valence-electron chi connectivity index (χ2n) is 3.46. The van der Waals surface area contributed by atoms with E-state index in [1.807, 2.05) is 0 Å². The van der Waals surface area contributed by atoms with Crippen LogP contribution in [0.15, 0.2) is 5.16 Å². The average Bonchev–Trinajstić information content (AvgIpc) is 2.48. The van der Waals surface area contributed by atoms with Gasteiger partial charge in [-0.3, -0.25) is 0 Å². The van der Waals surface area contributed by atoms with E-state index < -0.39 is 0 Å². The van der Waals surface area contributed by atoms with Gasteiger partial charge in [0, 0.05) is 12.3 Å². The number of hydrogen-bond acceptors (Lipinski definition) is 4. The van der Waals surface area contributed by atoms with E-state index in [9.17, 15) is 0 Å². The molecule has 1 aromatic heterocycles. The first-order valence-corrected chi connectivity index (χ1v) is 5.13. The maximum Gasteiger partial charge on any atom is 0.191 e. The minimum Gasteiger partial charge on any atom is -0.319 e. The third-order valence-corrected chi connectivity index (χ3v) is 3.44. The van der Waals surface area contributed by atoms with Gasteiger partial charge in [0.05, 0.1) is 5.54 Å². The predicted octanol–water partition coefficient (Wildman–Crippen LogP) is 0.332. The van der Waals surface area contributed by atoms with Gasteiger partial charge in [-0.1, -0.05) is 11.8 Å². The van der Waals surface area contributed by atoms with Gasteiger partial charge in [-0.05, 0) is 12.8 Å². The summed E-state index contributed by atoms with van der Waals surface area (Å²) in [6.45, 7) is 1.03. The average molecular weight is 182 g/mol. The second-order valence-corrected chi connectivity index (χ2v) is 4.52. The summed E-state index contributed by atoms with van der Waals surface area (Å²) in [4.78, 5) is 0. The van der Waals surface area contributed by atoms with Gasteiger partial charge in [0.1, 0.15) is 0 Å². The number of thioether (sulfide) groups is 1. The fourth-order valence-corrected chi connectivity index (χ4v) is 2.44. The molecule has 4 nitrogen and oxygen atoms in total. The molecule has 5 heteroatoms. The van der Waals surface area contributed by atoms with E-state index in [4.69, 9.17) is 5.73 Å². The van der Waals surface area contributed by atoms with Gasteiger partial charge < -0.3 is 10.3 Å². The fourth-order valence-electron chi connectivity index (χ4n) is 1.55. The van der Waals surface area contributed by atoms with Crippen LogP contribution in [0.4, 0.5) is 0 Å². The van der Waals surface area contributed by atoms with Gasteiger partial charge in [-0.2, -0.15) is 0 Å². The summed E-state index contributed by atoms with van der Waals surface area (Å²) >= 11 is 1.77. The Morgan fingerprint density at radius 3 is 3.00 bits per heavy atom. The summed E-state index contributed by atoms with van der Waals surface area (Å²) in [6.07, 6.45) is 2.13. The van der Waals surface area contributed by atoms with Crippen molar-refractivity contribution in [3.05, 3.63) is 5.82 Å². The van der Waals surface area contributed by atoms with Crippen LogP contribution in [-0.2, 0) is 12.1 Å². The van der Waals surface area contributed by atoms with E-state index in [0.29, 0.717) is 0 Å². The summed E-state index contributed by atoms with van der Waals surface area (Å²) in [5.74, 6) is 2.12. The van der Waals surface area contributed by atoms with Crippen molar-refractivity contribution in [1.82, 2.24) is 14.8 Å². The number of aromatic nitrogens is 3. The number of nitrogens with zero attached hydrogens (tertiary/aromatic N) is 3. The molecular weight excluding hydrogens is 172 g/mol. The smallest absolute Gasteiger partial charge is 0.191 e. The van der Waals surface area contributed by atoms with E-state index in [0.717, 1.165) is 36.1 Å². The Balaban J connectivity index is 2.11. The summed E-state index contributed by atoms with van der Waals surface area (Å²) in [5, 5.41) is 9.28. The zero-order chi connectivity index (χ0) is 8.18. The van der Waals surface area contributed by atoms with Crippen LogP contribution in [0, 0.1) is 0 Å². The largest absolute Gasteiger partial charge is 0.319 e. The van der Waals surface area contributed by atoms with Crippen LogP contribution in [0.3, 0.4) is 0 Å². The Morgan fingerprint density at radius 1 is 1.42 bits per heavy atom. The molecule has 0 saturated heterocycles. The molecule has 2 aliphatic rings. The van der Waals surface area contributed by atoms with Crippen molar-refractivity contribution in [2.24, 2.45) is 5.73 Å². The van der Waals surface area contributed by atoms with Crippen LogP contribution in [-0.4, -0.2) is 20.5 Å². The van der Waals surface area contributed by atoms with Gasteiger partial charge in [-0.15, -0.1) is 10.2 Å². The Morgan fingerprint density at radius 2 is 2.25 bits per heavy atom. The van der Waals surface area contributed by atoms with Crippen LogP contribution in [0.2, 0.25) is 0 Å². The highest BCUT2D eigenvalue weighted by molar-refractivity contribution is 7.99. The standard InChI is InChI=1S/C7H10N4S/c8-7(1-2-7)5-9-10-6-11(5)3-4-12-6/h1-4,8H2. The summed E-state index contributed by atoms with van der Waals surface area (Å²) in [7, 11) is 0. The molecule has 1 saturated carbocycles. The molecule has 2 N–H and O–H groups in total. The van der Waals surface area contributed by atoms with Crippen molar-refractivity contribution < 1.29 is 0 Å². The lowest BCUT2D eigenvalue weighted by atomic mass is 10.3. The minimum absolute atomic E-state index is 0.129. The molecule has 1 aliphatic heterocycles. The molecule has 0 aromatic carbocycles. The highest BCUT2D eigenvalue weighted by Crippen LogP contribution is 2.43. The molecule has 0 bridgehead atoms. The van der Waals surface area contributed by atoms with Gasteiger partial charge >= 0.3 is 0 Å². The van der Waals surface area contributed by atoms with Gasteiger partial charge in [-0.25, -0.2) is 0 Å². The molecule has 64 valence electrons. The first-order valence-electron chi connectivity index (χ1n) is 4.15. The number of fused-ring (bicyclic) bond motifs is 1. The highest BCUT2D eigenvalue weighted by Gasteiger charge is 2.45. The Bertz CT molecular complexity index is 328. The van der Waals surface area contributed by atoms with Crippen LogP contribution in [0.5, 0.6) is 0 Å². The monoisotopic (exact) mass is 182 g/mol. The summed E-state index contributed by atoms with van der Waals surface area (Å²) in [5.41, 5.74) is 5.92. The number of rotatable bonds is 1. The van der Waals surface area contributed by atoms with Crippen molar-refractivity contribution >= 4 is 11.8 Å². The van der Waals surface area contributed by atoms with Crippen molar-refractivity contribution in [3.63, 3.8) is 0 Å². The lowest BCUT2D eigenvalue weighted by Gasteiger charge is -2.07. The van der Waals surface area contributed by atoms with Crippen LogP contribution in [0.1, 0.15) is 18.7 Å². The molecule has 1 aliphatic carbocycles. The van der Waals surface area contributed by atoms with Crippen LogP contribution >= 0.6 is 11.8 Å². The molecule has 1 aromatic rings. The van der Waals surface area contributed by atoms with Gasteiger partial charge in [0.15, 0.2) is 11.0 Å². The Hall–Kier alpha value is -0.550. The topological polar surface area (TPSA) is 56.7 Å². The van der Waals surface area contributed by atoms with Gasteiger partial charge in [0.25, 0.3) is 0 Å². The molecule has 0 amide bonds. The zero-order valence-corrected chi connectivity index (χ0v) is 7.47. The van der Waals surface area contributed by atoms with Crippen molar-refractivity contribution in [2.75, 3.05) is 5.75 Å². The minimum atomic E-state index is -0.129. The lowest BCUT2D eigenvalue weighted by molar-refractivity contribution is 0.586. The molecule has 1 fully saturated rings. The third kappa shape index (κ3) is 0.778. The SMILES string of the molecule is NC1(c2nnc3n2CCS3)CC1.